The maximum atomic E-state index is 16.3. The standard InChI is InChI=1S/C45H51F4N7O8.4H2S/c1-23(2)36(53-41(59)61-5)39(57)55-13-7-8-34(55)32-18-27(20-50-32)25-9-11-28-29-12-10-26(17-31(29)45(48,49)44(46,47)30(28)16-25)33-21-51-38(52-33)35-19-43(63-14-15-64-43)22-56(35)40(58)37(24(3)4)54-42(60)62-6;;;;/h9-12,16-17,20-21,23-24,34-37H,7-8,13-15,18-19,22H2,1-6H3,(H,51,52)(H,53,59)(H,54,60);4*1H2/t34-,35-,36-,37-;;;;/m0..../s1. The predicted molar refractivity (Wildman–Crippen MR) is 266 cm³/mol. The summed E-state index contributed by atoms with van der Waals surface area (Å²) in [5.74, 6) is -11.4. The number of carbonyl (C=O) groups excluding carboxylic acids is 4. The zero-order valence-corrected chi connectivity index (χ0v) is 42.3. The van der Waals surface area contributed by atoms with Crippen LogP contribution in [0.15, 0.2) is 53.8 Å². The van der Waals surface area contributed by atoms with E-state index in [-0.39, 0.29) is 119 Å². The Hall–Kier alpha value is -4.42. The molecule has 0 unspecified atom stereocenters. The highest BCUT2D eigenvalue weighted by molar-refractivity contribution is 7.59. The van der Waals surface area contributed by atoms with Crippen LogP contribution in [0.25, 0.3) is 28.0 Å². The fourth-order valence-corrected chi connectivity index (χ4v) is 9.42. The zero-order chi connectivity index (χ0) is 45.9. The van der Waals surface area contributed by atoms with Crippen molar-refractivity contribution in [3.05, 3.63) is 71.3 Å². The summed E-state index contributed by atoms with van der Waals surface area (Å²) in [6, 6.07) is 5.17. The molecule has 3 fully saturated rings. The zero-order valence-electron chi connectivity index (χ0n) is 38.3. The Morgan fingerprint density at radius 1 is 0.779 bits per heavy atom. The maximum Gasteiger partial charge on any atom is 0.407 e. The summed E-state index contributed by atoms with van der Waals surface area (Å²) >= 11 is 0. The fourth-order valence-electron chi connectivity index (χ4n) is 9.42. The van der Waals surface area contributed by atoms with E-state index in [0.29, 0.717) is 49.4 Å². The average molecular weight is 1030 g/mol. The molecule has 1 aromatic heterocycles. The van der Waals surface area contributed by atoms with Gasteiger partial charge in [-0.15, -0.1) is 0 Å². The summed E-state index contributed by atoms with van der Waals surface area (Å²) in [4.78, 5) is 67.2. The van der Waals surface area contributed by atoms with Crippen molar-refractivity contribution < 1.29 is 55.7 Å². The molecule has 5 heterocycles. The van der Waals surface area contributed by atoms with Crippen molar-refractivity contribution in [3.8, 4) is 22.4 Å². The fraction of sp³-hybridized carbons (Fsp3) is 0.511. The maximum absolute atomic E-state index is 16.3. The second-order valence-electron chi connectivity index (χ2n) is 17.5. The van der Waals surface area contributed by atoms with Crippen LogP contribution in [0.1, 0.15) is 81.9 Å². The van der Waals surface area contributed by atoms with Gasteiger partial charge in [0.25, 0.3) is 0 Å². The number of alkyl carbamates (subject to hydrolysis) is 2. The normalized spacial score (nSPS) is 21.2. The molecule has 4 amide bonds. The van der Waals surface area contributed by atoms with Crippen molar-refractivity contribution in [2.45, 2.75) is 95.2 Å². The van der Waals surface area contributed by atoms with Gasteiger partial charge in [-0.2, -0.15) is 71.5 Å². The minimum Gasteiger partial charge on any atom is -0.453 e. The molecule has 3 N–H and O–H groups in total. The molecular formula is C45H59F4N7O8S4. The minimum absolute atomic E-state index is 0. The van der Waals surface area contributed by atoms with E-state index in [0.717, 1.165) is 12.1 Å². The van der Waals surface area contributed by atoms with Crippen LogP contribution >= 0.6 is 54.0 Å². The molecule has 15 nitrogen and oxygen atoms in total. The number of hydrogen-bond acceptors (Lipinski definition) is 10. The number of nitrogens with one attached hydrogen (secondary N) is 3. The van der Waals surface area contributed by atoms with E-state index in [1.54, 1.807) is 30.9 Å². The first kappa shape index (κ1) is 56.2. The lowest BCUT2D eigenvalue weighted by Gasteiger charge is -2.35. The summed E-state index contributed by atoms with van der Waals surface area (Å²) in [7, 11) is 2.41. The smallest absolute Gasteiger partial charge is 0.407 e. The van der Waals surface area contributed by atoms with Gasteiger partial charge in [0.05, 0.1) is 58.0 Å². The highest BCUT2D eigenvalue weighted by Gasteiger charge is 2.63. The Labute approximate surface area is 419 Å². The summed E-state index contributed by atoms with van der Waals surface area (Å²) < 4.78 is 86.5. The molecule has 0 saturated carbocycles. The first-order chi connectivity index (χ1) is 30.4. The number of likely N-dealkylation sites (tertiary alicyclic amines) is 2. The van der Waals surface area contributed by atoms with E-state index in [2.05, 4.69) is 25.6 Å². The Morgan fingerprint density at radius 3 is 1.85 bits per heavy atom. The number of alkyl halides is 4. The molecule has 4 atom stereocenters. The summed E-state index contributed by atoms with van der Waals surface area (Å²) in [6.07, 6.45) is 3.11. The second kappa shape index (κ2) is 21.7. The van der Waals surface area contributed by atoms with Gasteiger partial charge >= 0.3 is 24.0 Å². The van der Waals surface area contributed by atoms with Gasteiger partial charge < -0.3 is 44.4 Å². The van der Waals surface area contributed by atoms with E-state index in [1.165, 1.54) is 43.6 Å². The first-order valence-corrected chi connectivity index (χ1v) is 21.3. The number of rotatable bonds is 10. The van der Waals surface area contributed by atoms with E-state index >= 15 is 17.6 Å². The number of ether oxygens (including phenoxy) is 4. The number of methoxy groups -OCH3 is 2. The highest BCUT2D eigenvalue weighted by atomic mass is 32.1. The summed E-state index contributed by atoms with van der Waals surface area (Å²) in [5, 5.41) is 5.20. The molecule has 68 heavy (non-hydrogen) atoms. The van der Waals surface area contributed by atoms with Crippen LogP contribution in [0.5, 0.6) is 0 Å². The molecule has 23 heteroatoms. The molecular weight excluding hydrogens is 971 g/mol. The van der Waals surface area contributed by atoms with Crippen LogP contribution in [0.4, 0.5) is 27.2 Å². The molecule has 8 rings (SSSR count). The summed E-state index contributed by atoms with van der Waals surface area (Å²) in [6.45, 7) is 8.24. The van der Waals surface area contributed by atoms with Gasteiger partial charge in [0.2, 0.25) is 11.8 Å². The number of benzene rings is 2. The number of H-pyrrole nitrogens is 1. The van der Waals surface area contributed by atoms with Crippen LogP contribution in [-0.4, -0.2) is 114 Å². The van der Waals surface area contributed by atoms with Crippen LogP contribution in [0, 0.1) is 11.8 Å². The van der Waals surface area contributed by atoms with Crippen molar-refractivity contribution in [2.24, 2.45) is 16.8 Å². The number of allylic oxidation sites excluding steroid dienone is 1. The van der Waals surface area contributed by atoms with Crippen LogP contribution in [0.3, 0.4) is 0 Å². The Bertz CT molecular complexity index is 2430. The topological polar surface area (TPSA) is 177 Å². The third-order valence-corrected chi connectivity index (χ3v) is 12.8. The largest absolute Gasteiger partial charge is 0.453 e. The van der Waals surface area contributed by atoms with Crippen molar-refractivity contribution in [3.63, 3.8) is 0 Å². The van der Waals surface area contributed by atoms with Gasteiger partial charge in [0.15, 0.2) is 5.79 Å². The van der Waals surface area contributed by atoms with Gasteiger partial charge in [-0.1, -0.05) is 52.0 Å². The number of fused-ring (bicyclic) bond motifs is 3. The predicted octanol–water partition coefficient (Wildman–Crippen LogP) is 7.35. The number of hydrogen-bond donors (Lipinski definition) is 3. The van der Waals surface area contributed by atoms with Crippen molar-refractivity contribution in [1.82, 2.24) is 30.4 Å². The number of aromatic amines is 1. The average Bonchev–Trinajstić information content (AvgIpc) is 4.14. The molecule has 1 aliphatic carbocycles. The number of nitrogens with zero attached hydrogens (tertiary/aromatic N) is 4. The number of aromatic nitrogens is 2. The van der Waals surface area contributed by atoms with Gasteiger partial charge in [-0.25, -0.2) is 14.6 Å². The lowest BCUT2D eigenvalue weighted by molar-refractivity contribution is -0.225. The molecule has 2 aromatic carbocycles. The monoisotopic (exact) mass is 1030 g/mol. The first-order valence-electron chi connectivity index (χ1n) is 21.3. The van der Waals surface area contributed by atoms with Gasteiger partial charge in [-0.3, -0.25) is 14.6 Å². The Balaban J connectivity index is 0.00000252. The van der Waals surface area contributed by atoms with E-state index in [9.17, 15) is 19.2 Å². The van der Waals surface area contributed by atoms with E-state index in [4.69, 9.17) is 18.9 Å². The highest BCUT2D eigenvalue weighted by Crippen LogP contribution is 2.59. The number of carbonyl (C=O) groups is 4. The van der Waals surface area contributed by atoms with Gasteiger partial charge in [0.1, 0.15) is 17.9 Å². The molecule has 5 aliphatic rings. The van der Waals surface area contributed by atoms with Crippen LogP contribution in [0.2, 0.25) is 0 Å². The molecule has 3 saturated heterocycles. The Kier molecular flexibility index (Phi) is 17.9. The van der Waals surface area contributed by atoms with Crippen molar-refractivity contribution in [2.75, 3.05) is 40.5 Å². The number of halogens is 4. The van der Waals surface area contributed by atoms with Crippen molar-refractivity contribution in [1.29, 1.82) is 0 Å². The molecule has 4 aliphatic heterocycles. The molecule has 1 spiro atoms. The van der Waals surface area contributed by atoms with Gasteiger partial charge in [-0.05, 0) is 59.1 Å². The lowest BCUT2D eigenvalue weighted by atomic mass is 9.78. The molecule has 0 radical (unpaired) electrons. The molecule has 3 aromatic rings. The SMILES string of the molecule is COC(=O)N[C@H](C(=O)N1CCC[C@H]1C1=NC=C(c2ccc3c(c2)C(F)(F)C(F)(F)c2cc(-c4cnc([C@@H]5CC6(CN5C(=O)[C@@H](NC(=O)OC)C(C)C)OCCO6)[nH]4)ccc2-3)C1)C(C)C.S.S.S.S. The third-order valence-electron chi connectivity index (χ3n) is 12.8. The second-order valence-corrected chi connectivity index (χ2v) is 17.5. The third kappa shape index (κ3) is 10.1. The van der Waals surface area contributed by atoms with E-state index in [1.807, 2.05) is 13.8 Å². The van der Waals surface area contributed by atoms with Crippen LogP contribution < -0.4 is 10.6 Å². The molecule has 0 bridgehead atoms. The van der Waals surface area contributed by atoms with Gasteiger partial charge in [0, 0.05) is 48.0 Å². The van der Waals surface area contributed by atoms with Crippen LogP contribution in [-0.2, 0) is 40.4 Å². The molecule has 374 valence electrons. The number of aliphatic imine (C=N–C) groups is 1. The summed E-state index contributed by atoms with van der Waals surface area (Å²) in [5.41, 5.74) is 0.120. The quantitative estimate of drug-likeness (QED) is 0.175. The Morgan fingerprint density at radius 2 is 1.31 bits per heavy atom. The lowest BCUT2D eigenvalue weighted by Crippen LogP contribution is -2.53. The van der Waals surface area contributed by atoms with Crippen molar-refractivity contribution >= 4 is 89.3 Å². The van der Waals surface area contributed by atoms with E-state index < -0.39 is 71.0 Å². The number of imidazole rings is 1. The minimum atomic E-state index is -4.62. The number of amides is 4.